The van der Waals surface area contributed by atoms with Crippen molar-refractivity contribution in [3.05, 3.63) is 53.8 Å². The normalized spacial score (nSPS) is 10.2. The smallest absolute Gasteiger partial charge is 0.123 e. The molecule has 0 bridgehead atoms. The van der Waals surface area contributed by atoms with E-state index in [9.17, 15) is 4.39 Å². The molecule has 0 saturated carbocycles. The summed E-state index contributed by atoms with van der Waals surface area (Å²) in [6.45, 7) is 2.74. The Bertz CT molecular complexity index is 558. The van der Waals surface area contributed by atoms with Crippen molar-refractivity contribution in [1.82, 2.24) is 0 Å². The van der Waals surface area contributed by atoms with E-state index >= 15 is 0 Å². The number of halogens is 1. The third kappa shape index (κ3) is 3.61. The first kappa shape index (κ1) is 13.2. The average Bonchev–Trinajstić information content (AvgIpc) is 2.41. The van der Waals surface area contributed by atoms with E-state index in [4.69, 9.17) is 15.2 Å². The number of benzene rings is 2. The molecule has 3 nitrogen and oxygen atoms in total. The Labute approximate surface area is 111 Å². The van der Waals surface area contributed by atoms with Crippen LogP contribution in [0, 0.1) is 5.82 Å². The zero-order chi connectivity index (χ0) is 13.7. The minimum atomic E-state index is -0.323. The first-order chi connectivity index (χ1) is 9.19. The lowest BCUT2D eigenvalue weighted by atomic mass is 10.2. The van der Waals surface area contributed by atoms with Crippen LogP contribution in [0.2, 0.25) is 0 Å². The van der Waals surface area contributed by atoms with Crippen molar-refractivity contribution < 1.29 is 13.9 Å². The molecule has 100 valence electrons. The van der Waals surface area contributed by atoms with Crippen LogP contribution in [0.3, 0.4) is 0 Å². The quantitative estimate of drug-likeness (QED) is 0.839. The van der Waals surface area contributed by atoms with Crippen LogP contribution in [0.4, 0.5) is 10.1 Å². The number of anilines is 1. The fourth-order valence-electron chi connectivity index (χ4n) is 1.68. The molecule has 2 N–H and O–H groups in total. The van der Waals surface area contributed by atoms with Gasteiger partial charge in [0.25, 0.3) is 0 Å². The summed E-state index contributed by atoms with van der Waals surface area (Å²) in [6, 6.07) is 11.5. The second-order valence-electron chi connectivity index (χ2n) is 4.04. The predicted molar refractivity (Wildman–Crippen MR) is 72.8 cm³/mol. The van der Waals surface area contributed by atoms with Gasteiger partial charge in [0.2, 0.25) is 0 Å². The SMILES string of the molecule is CCOc1cccc(OCc2cc(F)ccc2N)c1. The van der Waals surface area contributed by atoms with Gasteiger partial charge in [-0.15, -0.1) is 0 Å². The summed E-state index contributed by atoms with van der Waals surface area (Å²) in [5.74, 6) is 1.08. The number of nitrogens with two attached hydrogens (primary N) is 1. The van der Waals surface area contributed by atoms with Crippen molar-refractivity contribution in [2.24, 2.45) is 0 Å². The van der Waals surface area contributed by atoms with Crippen molar-refractivity contribution in [2.45, 2.75) is 13.5 Å². The molecule has 0 aromatic heterocycles. The molecule has 0 aliphatic carbocycles. The zero-order valence-electron chi connectivity index (χ0n) is 10.7. The molecule has 2 aromatic rings. The molecule has 0 atom stereocenters. The number of hydrogen-bond acceptors (Lipinski definition) is 3. The Morgan fingerprint density at radius 3 is 2.53 bits per heavy atom. The van der Waals surface area contributed by atoms with E-state index in [2.05, 4.69) is 0 Å². The highest BCUT2D eigenvalue weighted by molar-refractivity contribution is 5.46. The highest BCUT2D eigenvalue weighted by atomic mass is 19.1. The van der Waals surface area contributed by atoms with Crippen molar-refractivity contribution in [3.63, 3.8) is 0 Å². The lowest BCUT2D eigenvalue weighted by Gasteiger charge is -2.10. The van der Waals surface area contributed by atoms with Crippen LogP contribution in [0.5, 0.6) is 11.5 Å². The molecule has 0 heterocycles. The summed E-state index contributed by atoms with van der Waals surface area (Å²) < 4.78 is 24.1. The molecule has 0 radical (unpaired) electrons. The van der Waals surface area contributed by atoms with Gasteiger partial charge in [0, 0.05) is 17.3 Å². The number of rotatable bonds is 5. The number of hydrogen-bond donors (Lipinski definition) is 1. The molecule has 0 amide bonds. The molecule has 0 unspecified atom stereocenters. The molecular weight excluding hydrogens is 245 g/mol. The van der Waals surface area contributed by atoms with Gasteiger partial charge in [-0.1, -0.05) is 6.07 Å². The molecule has 2 aromatic carbocycles. The minimum absolute atomic E-state index is 0.221. The monoisotopic (exact) mass is 261 g/mol. The lowest BCUT2D eigenvalue weighted by Crippen LogP contribution is -2.01. The summed E-state index contributed by atoms with van der Waals surface area (Å²) >= 11 is 0. The minimum Gasteiger partial charge on any atom is -0.494 e. The first-order valence-corrected chi connectivity index (χ1v) is 6.08. The maximum atomic E-state index is 13.1. The molecule has 0 saturated heterocycles. The molecule has 0 aliphatic heterocycles. The summed E-state index contributed by atoms with van der Waals surface area (Å²) in [6.07, 6.45) is 0. The van der Waals surface area contributed by atoms with E-state index in [-0.39, 0.29) is 12.4 Å². The second kappa shape index (κ2) is 6.09. The van der Waals surface area contributed by atoms with Crippen LogP contribution in [-0.4, -0.2) is 6.61 Å². The van der Waals surface area contributed by atoms with Gasteiger partial charge in [-0.3, -0.25) is 0 Å². The molecule has 2 rings (SSSR count). The summed E-state index contributed by atoms with van der Waals surface area (Å²) in [4.78, 5) is 0. The van der Waals surface area contributed by atoms with Gasteiger partial charge in [0.05, 0.1) is 6.61 Å². The van der Waals surface area contributed by atoms with Gasteiger partial charge < -0.3 is 15.2 Å². The third-order valence-corrected chi connectivity index (χ3v) is 2.62. The van der Waals surface area contributed by atoms with Crippen LogP contribution in [-0.2, 0) is 6.61 Å². The number of ether oxygens (including phenoxy) is 2. The molecule has 0 spiro atoms. The van der Waals surface area contributed by atoms with Gasteiger partial charge in [-0.25, -0.2) is 4.39 Å². The average molecular weight is 261 g/mol. The molecular formula is C15H16FNO2. The topological polar surface area (TPSA) is 44.5 Å². The van der Waals surface area contributed by atoms with Gasteiger partial charge >= 0.3 is 0 Å². The van der Waals surface area contributed by atoms with Crippen LogP contribution in [0.15, 0.2) is 42.5 Å². The van der Waals surface area contributed by atoms with E-state index in [1.165, 1.54) is 18.2 Å². The van der Waals surface area contributed by atoms with Gasteiger partial charge in [-0.05, 0) is 37.3 Å². The van der Waals surface area contributed by atoms with Crippen molar-refractivity contribution in [2.75, 3.05) is 12.3 Å². The van der Waals surface area contributed by atoms with E-state index in [0.29, 0.717) is 23.6 Å². The van der Waals surface area contributed by atoms with Crippen LogP contribution in [0.1, 0.15) is 12.5 Å². The molecule has 0 aliphatic rings. The maximum Gasteiger partial charge on any atom is 0.123 e. The van der Waals surface area contributed by atoms with Crippen LogP contribution in [0.25, 0.3) is 0 Å². The highest BCUT2D eigenvalue weighted by Gasteiger charge is 2.03. The molecule has 4 heteroatoms. The van der Waals surface area contributed by atoms with Crippen molar-refractivity contribution >= 4 is 5.69 Å². The fraction of sp³-hybridized carbons (Fsp3) is 0.200. The Morgan fingerprint density at radius 1 is 1.05 bits per heavy atom. The van der Waals surface area contributed by atoms with Crippen LogP contribution < -0.4 is 15.2 Å². The van der Waals surface area contributed by atoms with Gasteiger partial charge in [0.15, 0.2) is 0 Å². The predicted octanol–water partition coefficient (Wildman–Crippen LogP) is 3.39. The van der Waals surface area contributed by atoms with E-state index < -0.39 is 0 Å². The Morgan fingerprint density at radius 2 is 1.79 bits per heavy atom. The van der Waals surface area contributed by atoms with Gasteiger partial charge in [0.1, 0.15) is 23.9 Å². The fourth-order valence-corrected chi connectivity index (χ4v) is 1.68. The van der Waals surface area contributed by atoms with E-state index in [1.54, 1.807) is 6.07 Å². The van der Waals surface area contributed by atoms with Crippen molar-refractivity contribution in [1.29, 1.82) is 0 Å². The Hall–Kier alpha value is -2.23. The summed E-state index contributed by atoms with van der Waals surface area (Å²) in [7, 11) is 0. The maximum absolute atomic E-state index is 13.1. The Kier molecular flexibility index (Phi) is 4.23. The second-order valence-corrected chi connectivity index (χ2v) is 4.04. The van der Waals surface area contributed by atoms with E-state index in [1.807, 2.05) is 25.1 Å². The lowest BCUT2D eigenvalue weighted by molar-refractivity contribution is 0.299. The van der Waals surface area contributed by atoms with Gasteiger partial charge in [-0.2, -0.15) is 0 Å². The molecule has 0 fully saturated rings. The largest absolute Gasteiger partial charge is 0.494 e. The first-order valence-electron chi connectivity index (χ1n) is 6.08. The summed E-state index contributed by atoms with van der Waals surface area (Å²) in [5.41, 5.74) is 6.90. The van der Waals surface area contributed by atoms with Crippen LogP contribution >= 0.6 is 0 Å². The van der Waals surface area contributed by atoms with Crippen molar-refractivity contribution in [3.8, 4) is 11.5 Å². The number of nitrogen functional groups attached to an aromatic ring is 1. The standard InChI is InChI=1S/C15H16FNO2/c1-2-18-13-4-3-5-14(9-13)19-10-11-8-12(16)6-7-15(11)17/h3-9H,2,10,17H2,1H3. The third-order valence-electron chi connectivity index (χ3n) is 2.62. The Balaban J connectivity index is 2.05. The highest BCUT2D eigenvalue weighted by Crippen LogP contribution is 2.22. The van der Waals surface area contributed by atoms with E-state index in [0.717, 1.165) is 5.75 Å². The zero-order valence-corrected chi connectivity index (χ0v) is 10.7. The summed E-state index contributed by atoms with van der Waals surface area (Å²) in [5, 5.41) is 0. The molecule has 19 heavy (non-hydrogen) atoms.